The fourth-order valence-corrected chi connectivity index (χ4v) is 2.47. The third-order valence-electron chi connectivity index (χ3n) is 3.70. The zero-order chi connectivity index (χ0) is 15.6. The molecule has 0 spiro atoms. The van der Waals surface area contributed by atoms with Crippen LogP contribution in [0.4, 0.5) is 0 Å². The number of Topliss-reactive ketones (excluding diaryl/α,β-unsaturated/α-hetero) is 1. The van der Waals surface area contributed by atoms with E-state index >= 15 is 0 Å². The number of carbonyl (C=O) groups excluding carboxylic acids is 1. The molecule has 2 N–H and O–H groups in total. The van der Waals surface area contributed by atoms with E-state index in [1.54, 1.807) is 12.2 Å². The minimum absolute atomic E-state index is 0.178. The Morgan fingerprint density at radius 2 is 1.30 bits per heavy atom. The van der Waals surface area contributed by atoms with Gasteiger partial charge in [0.05, 0.1) is 0 Å². The Hall–Kier alpha value is -0.930. The monoisotopic (exact) mass is 282 g/mol. The molecule has 0 aliphatic rings. The Bertz CT molecular complexity index is 294. The van der Waals surface area contributed by atoms with Crippen LogP contribution in [-0.4, -0.2) is 27.2 Å². The van der Waals surface area contributed by atoms with Crippen molar-refractivity contribution in [3.05, 3.63) is 25.3 Å². The number of rotatable bonds is 12. The van der Waals surface area contributed by atoms with Gasteiger partial charge < -0.3 is 10.2 Å². The van der Waals surface area contributed by atoms with Crippen LogP contribution in [0.1, 0.15) is 65.2 Å². The lowest BCUT2D eigenvalue weighted by molar-refractivity contribution is -0.158. The van der Waals surface area contributed by atoms with Crippen molar-refractivity contribution in [1.82, 2.24) is 0 Å². The predicted molar refractivity (Wildman–Crippen MR) is 83.6 cm³/mol. The second kappa shape index (κ2) is 9.09. The van der Waals surface area contributed by atoms with Crippen molar-refractivity contribution in [1.29, 1.82) is 0 Å². The van der Waals surface area contributed by atoms with Gasteiger partial charge in [0.2, 0.25) is 0 Å². The summed E-state index contributed by atoms with van der Waals surface area (Å²) in [5.74, 6) is -0.480. The van der Waals surface area contributed by atoms with Crippen LogP contribution in [0.3, 0.4) is 0 Å². The Balaban J connectivity index is 5.22. The standard InChI is InChI=1S/C17H30O3/c1-5-9-13-16(19,11-7-3)15(18)17(20,12-8-4)14-10-6-2/h7-8,19-20H,3-6,9-14H2,1-2H3. The van der Waals surface area contributed by atoms with E-state index in [0.29, 0.717) is 12.8 Å². The number of ketones is 1. The van der Waals surface area contributed by atoms with Gasteiger partial charge in [0.15, 0.2) is 5.78 Å². The molecule has 2 unspecified atom stereocenters. The molecule has 3 heteroatoms. The third kappa shape index (κ3) is 5.22. The molecule has 0 saturated carbocycles. The molecule has 0 aliphatic heterocycles. The molecule has 0 radical (unpaired) electrons. The molecular weight excluding hydrogens is 252 g/mol. The molecular formula is C17H30O3. The van der Waals surface area contributed by atoms with Crippen LogP contribution < -0.4 is 0 Å². The zero-order valence-corrected chi connectivity index (χ0v) is 13.0. The smallest absolute Gasteiger partial charge is 0.196 e. The number of unbranched alkanes of at least 4 members (excludes halogenated alkanes) is 2. The normalized spacial score (nSPS) is 17.0. The molecule has 0 amide bonds. The third-order valence-corrected chi connectivity index (χ3v) is 3.70. The van der Waals surface area contributed by atoms with Crippen LogP contribution in [0.25, 0.3) is 0 Å². The molecule has 0 aliphatic carbocycles. The molecule has 0 aromatic rings. The second-order valence-corrected chi connectivity index (χ2v) is 5.58. The van der Waals surface area contributed by atoms with E-state index in [9.17, 15) is 15.0 Å². The Kier molecular flexibility index (Phi) is 8.67. The molecule has 2 atom stereocenters. The molecule has 0 rings (SSSR count). The molecule has 0 heterocycles. The molecule has 0 aromatic carbocycles. The zero-order valence-electron chi connectivity index (χ0n) is 13.0. The maximum Gasteiger partial charge on any atom is 0.196 e. The summed E-state index contributed by atoms with van der Waals surface area (Å²) in [5.41, 5.74) is -3.02. The minimum atomic E-state index is -1.51. The summed E-state index contributed by atoms with van der Waals surface area (Å²) in [4.78, 5) is 12.7. The maximum absolute atomic E-state index is 12.7. The molecule has 3 nitrogen and oxygen atoms in total. The largest absolute Gasteiger partial charge is 0.382 e. The summed E-state index contributed by atoms with van der Waals surface area (Å²) in [5, 5.41) is 21.3. The van der Waals surface area contributed by atoms with Crippen LogP contribution in [0, 0.1) is 0 Å². The Labute approximate surface area is 123 Å². The lowest BCUT2D eigenvalue weighted by Gasteiger charge is -2.35. The summed E-state index contributed by atoms with van der Waals surface area (Å²) in [7, 11) is 0. The second-order valence-electron chi connectivity index (χ2n) is 5.58. The van der Waals surface area contributed by atoms with Crippen molar-refractivity contribution in [2.24, 2.45) is 0 Å². The SMILES string of the molecule is C=CCC(O)(CCCC)C(=O)C(O)(CC=C)CCCC. The fourth-order valence-electron chi connectivity index (χ4n) is 2.47. The van der Waals surface area contributed by atoms with E-state index in [1.165, 1.54) is 0 Å². The van der Waals surface area contributed by atoms with Crippen molar-refractivity contribution in [2.45, 2.75) is 76.4 Å². The maximum atomic E-state index is 12.7. The van der Waals surface area contributed by atoms with E-state index in [0.717, 1.165) is 25.7 Å². The van der Waals surface area contributed by atoms with Crippen LogP contribution in [0.5, 0.6) is 0 Å². The van der Waals surface area contributed by atoms with Gasteiger partial charge in [0, 0.05) is 12.8 Å². The summed E-state index contributed by atoms with van der Waals surface area (Å²) in [6.07, 6.45) is 7.43. The van der Waals surface area contributed by atoms with Gasteiger partial charge >= 0.3 is 0 Å². The van der Waals surface area contributed by atoms with Gasteiger partial charge in [-0.3, -0.25) is 4.79 Å². The number of aliphatic hydroxyl groups is 2. The highest BCUT2D eigenvalue weighted by atomic mass is 16.3. The van der Waals surface area contributed by atoms with E-state index in [1.807, 2.05) is 13.8 Å². The van der Waals surface area contributed by atoms with Gasteiger partial charge in [-0.25, -0.2) is 0 Å². The van der Waals surface area contributed by atoms with Gasteiger partial charge in [0.1, 0.15) is 11.2 Å². The summed E-state index contributed by atoms with van der Waals surface area (Å²) in [6.45, 7) is 11.2. The Morgan fingerprint density at radius 3 is 1.55 bits per heavy atom. The van der Waals surface area contributed by atoms with Gasteiger partial charge in [-0.05, 0) is 12.8 Å². The van der Waals surface area contributed by atoms with Gasteiger partial charge in [-0.15, -0.1) is 13.2 Å². The van der Waals surface area contributed by atoms with Crippen LogP contribution in [0.15, 0.2) is 25.3 Å². The fraction of sp³-hybridized carbons (Fsp3) is 0.706. The summed E-state index contributed by atoms with van der Waals surface area (Å²) >= 11 is 0. The first kappa shape index (κ1) is 19.1. The van der Waals surface area contributed by atoms with Crippen LogP contribution in [0.2, 0.25) is 0 Å². The molecule has 0 fully saturated rings. The summed E-state index contributed by atoms with van der Waals surface area (Å²) in [6, 6.07) is 0. The average molecular weight is 282 g/mol. The lowest BCUT2D eigenvalue weighted by atomic mass is 9.76. The van der Waals surface area contributed by atoms with Crippen molar-refractivity contribution < 1.29 is 15.0 Å². The molecule has 0 aromatic heterocycles. The molecule has 0 bridgehead atoms. The molecule has 20 heavy (non-hydrogen) atoms. The van der Waals surface area contributed by atoms with E-state index < -0.39 is 17.0 Å². The quantitative estimate of drug-likeness (QED) is 0.538. The number of hydrogen-bond acceptors (Lipinski definition) is 3. The van der Waals surface area contributed by atoms with Gasteiger partial charge in [-0.2, -0.15) is 0 Å². The highest BCUT2D eigenvalue weighted by molar-refractivity contribution is 5.94. The Morgan fingerprint density at radius 1 is 0.950 bits per heavy atom. The molecule has 116 valence electrons. The number of carbonyl (C=O) groups is 1. The van der Waals surface area contributed by atoms with Gasteiger partial charge in [0.25, 0.3) is 0 Å². The molecule has 0 saturated heterocycles. The lowest BCUT2D eigenvalue weighted by Crippen LogP contribution is -2.52. The van der Waals surface area contributed by atoms with Crippen molar-refractivity contribution in [2.75, 3.05) is 0 Å². The highest BCUT2D eigenvalue weighted by Crippen LogP contribution is 2.31. The summed E-state index contributed by atoms with van der Waals surface area (Å²) < 4.78 is 0. The van der Waals surface area contributed by atoms with E-state index in [2.05, 4.69) is 13.2 Å². The van der Waals surface area contributed by atoms with E-state index in [-0.39, 0.29) is 12.8 Å². The van der Waals surface area contributed by atoms with Gasteiger partial charge in [-0.1, -0.05) is 51.7 Å². The van der Waals surface area contributed by atoms with Crippen LogP contribution >= 0.6 is 0 Å². The minimum Gasteiger partial charge on any atom is -0.382 e. The van der Waals surface area contributed by atoms with Crippen molar-refractivity contribution in [3.8, 4) is 0 Å². The van der Waals surface area contributed by atoms with Crippen molar-refractivity contribution >= 4 is 5.78 Å². The first-order chi connectivity index (χ1) is 9.40. The predicted octanol–water partition coefficient (Wildman–Crippen LogP) is 3.55. The van der Waals surface area contributed by atoms with Crippen molar-refractivity contribution in [3.63, 3.8) is 0 Å². The van der Waals surface area contributed by atoms with Crippen LogP contribution in [-0.2, 0) is 4.79 Å². The topological polar surface area (TPSA) is 57.5 Å². The highest BCUT2D eigenvalue weighted by Gasteiger charge is 2.46. The number of hydrogen-bond donors (Lipinski definition) is 2. The van der Waals surface area contributed by atoms with E-state index in [4.69, 9.17) is 0 Å². The first-order valence-electron chi connectivity index (χ1n) is 7.61. The first-order valence-corrected chi connectivity index (χ1v) is 7.61. The average Bonchev–Trinajstić information content (AvgIpc) is 2.42.